The van der Waals surface area contributed by atoms with Crippen molar-refractivity contribution in [3.05, 3.63) is 54.1 Å². The lowest BCUT2D eigenvalue weighted by Crippen LogP contribution is -2.36. The third-order valence-corrected chi connectivity index (χ3v) is 7.05. The van der Waals surface area contributed by atoms with Crippen LogP contribution in [0.25, 0.3) is 0 Å². The van der Waals surface area contributed by atoms with Crippen LogP contribution in [0.1, 0.15) is 25.8 Å². The van der Waals surface area contributed by atoms with Crippen LogP contribution in [0.15, 0.2) is 53.4 Å². The number of nitrogens with one attached hydrogen (secondary N) is 1. The Labute approximate surface area is 167 Å². The normalized spacial score (nSPS) is 14.0. The molecule has 6 nitrogen and oxygen atoms in total. The molecule has 0 spiro atoms. The second-order valence-corrected chi connectivity index (χ2v) is 8.76. The zero-order valence-corrected chi connectivity index (χ0v) is 17.2. The van der Waals surface area contributed by atoms with Crippen LogP contribution in [0.5, 0.6) is 0 Å². The summed E-state index contributed by atoms with van der Waals surface area (Å²) in [4.78, 5) is 14.9. The Bertz CT molecular complexity index is 939. The van der Waals surface area contributed by atoms with Crippen molar-refractivity contribution in [2.45, 2.75) is 31.6 Å². The van der Waals surface area contributed by atoms with E-state index in [9.17, 15) is 13.2 Å². The summed E-state index contributed by atoms with van der Waals surface area (Å²) in [5.41, 5.74) is 2.85. The summed E-state index contributed by atoms with van der Waals surface area (Å²) in [5.74, 6) is -0.158. The van der Waals surface area contributed by atoms with E-state index >= 15 is 0 Å². The van der Waals surface area contributed by atoms with Gasteiger partial charge in [0.15, 0.2) is 0 Å². The number of anilines is 2. The van der Waals surface area contributed by atoms with Gasteiger partial charge in [0.2, 0.25) is 15.9 Å². The van der Waals surface area contributed by atoms with Gasteiger partial charge in [-0.3, -0.25) is 4.79 Å². The third kappa shape index (κ3) is 4.36. The molecule has 0 radical (unpaired) electrons. The first-order valence-electron chi connectivity index (χ1n) is 9.68. The summed E-state index contributed by atoms with van der Waals surface area (Å²) in [6.07, 6.45) is 2.04. The highest BCUT2D eigenvalue weighted by atomic mass is 32.2. The number of nitrogens with zero attached hydrogens (tertiary/aromatic N) is 2. The summed E-state index contributed by atoms with van der Waals surface area (Å²) >= 11 is 0. The SMILES string of the molecule is CCN(CC)S(=O)(=O)c1cccc(NC(=O)CN2CCCc3ccccc32)c1. The lowest BCUT2D eigenvalue weighted by Gasteiger charge is -2.30. The van der Waals surface area contributed by atoms with E-state index in [2.05, 4.69) is 16.3 Å². The van der Waals surface area contributed by atoms with Gasteiger partial charge >= 0.3 is 0 Å². The Hall–Kier alpha value is -2.38. The molecule has 3 rings (SSSR count). The second-order valence-electron chi connectivity index (χ2n) is 6.82. The number of rotatable bonds is 7. The largest absolute Gasteiger partial charge is 0.362 e. The molecule has 0 saturated carbocycles. The smallest absolute Gasteiger partial charge is 0.243 e. The number of hydrogen-bond donors (Lipinski definition) is 1. The van der Waals surface area contributed by atoms with Gasteiger partial charge < -0.3 is 10.2 Å². The number of para-hydroxylation sites is 1. The molecule has 2 aromatic carbocycles. The van der Waals surface area contributed by atoms with E-state index in [1.54, 1.807) is 18.2 Å². The Morgan fingerprint density at radius 3 is 2.61 bits per heavy atom. The number of benzene rings is 2. The number of aryl methyl sites for hydroxylation is 1. The van der Waals surface area contributed by atoms with E-state index in [0.717, 1.165) is 25.1 Å². The first kappa shape index (κ1) is 20.4. The number of amides is 1. The van der Waals surface area contributed by atoms with Crippen LogP contribution in [0.4, 0.5) is 11.4 Å². The van der Waals surface area contributed by atoms with E-state index < -0.39 is 10.0 Å². The lowest BCUT2D eigenvalue weighted by atomic mass is 10.0. The number of hydrogen-bond acceptors (Lipinski definition) is 4. The van der Waals surface area contributed by atoms with Gasteiger partial charge in [-0.05, 0) is 42.7 Å². The van der Waals surface area contributed by atoms with Gasteiger partial charge in [-0.15, -0.1) is 0 Å². The van der Waals surface area contributed by atoms with Gasteiger partial charge in [-0.1, -0.05) is 38.1 Å². The first-order chi connectivity index (χ1) is 13.5. The van der Waals surface area contributed by atoms with Crippen LogP contribution in [-0.2, 0) is 21.2 Å². The topological polar surface area (TPSA) is 69.7 Å². The zero-order chi connectivity index (χ0) is 20.1. The van der Waals surface area contributed by atoms with Gasteiger partial charge in [0.25, 0.3) is 0 Å². The van der Waals surface area contributed by atoms with Crippen molar-refractivity contribution in [1.82, 2.24) is 4.31 Å². The molecule has 0 bridgehead atoms. The molecular weight excluding hydrogens is 374 g/mol. The monoisotopic (exact) mass is 401 g/mol. The fraction of sp³-hybridized carbons (Fsp3) is 0.381. The molecule has 2 aromatic rings. The first-order valence-corrected chi connectivity index (χ1v) is 11.1. The average Bonchev–Trinajstić information content (AvgIpc) is 2.69. The highest BCUT2D eigenvalue weighted by Crippen LogP contribution is 2.26. The van der Waals surface area contributed by atoms with Crippen LogP contribution < -0.4 is 10.2 Å². The van der Waals surface area contributed by atoms with Crippen LogP contribution >= 0.6 is 0 Å². The Morgan fingerprint density at radius 2 is 1.86 bits per heavy atom. The summed E-state index contributed by atoms with van der Waals surface area (Å²) in [5, 5.41) is 2.84. The summed E-state index contributed by atoms with van der Waals surface area (Å²) in [6, 6.07) is 14.6. The van der Waals surface area contributed by atoms with E-state index in [1.807, 2.05) is 32.0 Å². The summed E-state index contributed by atoms with van der Waals surface area (Å²) in [6.45, 7) is 5.50. The maximum atomic E-state index is 12.7. The number of sulfonamides is 1. The van der Waals surface area contributed by atoms with Crippen LogP contribution in [0.3, 0.4) is 0 Å². The molecule has 0 unspecified atom stereocenters. The molecule has 1 heterocycles. The standard InChI is InChI=1S/C21H27N3O3S/c1-3-24(4-2)28(26,27)19-12-7-11-18(15-19)22-21(25)16-23-14-8-10-17-9-5-6-13-20(17)23/h5-7,9,11-13,15H,3-4,8,10,14,16H2,1-2H3,(H,22,25). The Balaban J connectivity index is 1.72. The molecule has 0 aromatic heterocycles. The number of carbonyl (C=O) groups excluding carboxylic acids is 1. The molecule has 0 atom stereocenters. The Kier molecular flexibility index (Phi) is 6.36. The molecule has 150 valence electrons. The fourth-order valence-corrected chi connectivity index (χ4v) is 5.10. The van der Waals surface area contributed by atoms with Gasteiger partial charge in [0.1, 0.15) is 0 Å². The minimum absolute atomic E-state index is 0.158. The summed E-state index contributed by atoms with van der Waals surface area (Å²) in [7, 11) is -3.56. The van der Waals surface area contributed by atoms with Crippen molar-refractivity contribution < 1.29 is 13.2 Å². The Morgan fingerprint density at radius 1 is 1.11 bits per heavy atom. The van der Waals surface area contributed by atoms with Gasteiger partial charge in [0.05, 0.1) is 11.4 Å². The highest BCUT2D eigenvalue weighted by molar-refractivity contribution is 7.89. The maximum absolute atomic E-state index is 12.7. The van der Waals surface area contributed by atoms with E-state index in [1.165, 1.54) is 15.9 Å². The van der Waals surface area contributed by atoms with Crippen molar-refractivity contribution in [3.63, 3.8) is 0 Å². The molecule has 1 aliphatic rings. The molecule has 1 N–H and O–H groups in total. The van der Waals surface area contributed by atoms with Crippen molar-refractivity contribution in [1.29, 1.82) is 0 Å². The molecular formula is C21H27N3O3S. The van der Waals surface area contributed by atoms with Crippen molar-refractivity contribution in [2.75, 3.05) is 36.4 Å². The van der Waals surface area contributed by atoms with Gasteiger partial charge in [0, 0.05) is 31.0 Å². The van der Waals surface area contributed by atoms with Gasteiger partial charge in [-0.25, -0.2) is 8.42 Å². The predicted molar refractivity (Wildman–Crippen MR) is 112 cm³/mol. The van der Waals surface area contributed by atoms with Gasteiger partial charge in [-0.2, -0.15) is 4.31 Å². The summed E-state index contributed by atoms with van der Waals surface area (Å²) < 4.78 is 26.8. The maximum Gasteiger partial charge on any atom is 0.243 e. The molecule has 0 aliphatic carbocycles. The third-order valence-electron chi connectivity index (χ3n) is 5.00. The second kappa shape index (κ2) is 8.75. The van der Waals surface area contributed by atoms with Crippen LogP contribution in [-0.4, -0.2) is 44.8 Å². The minimum Gasteiger partial charge on any atom is -0.362 e. The highest BCUT2D eigenvalue weighted by Gasteiger charge is 2.22. The molecule has 0 saturated heterocycles. The molecule has 28 heavy (non-hydrogen) atoms. The lowest BCUT2D eigenvalue weighted by molar-refractivity contribution is -0.115. The molecule has 1 amide bonds. The molecule has 1 aliphatic heterocycles. The van der Waals surface area contributed by atoms with E-state index in [-0.39, 0.29) is 17.3 Å². The average molecular weight is 402 g/mol. The zero-order valence-electron chi connectivity index (χ0n) is 16.4. The van der Waals surface area contributed by atoms with Crippen LogP contribution in [0, 0.1) is 0 Å². The van der Waals surface area contributed by atoms with Crippen molar-refractivity contribution >= 4 is 27.3 Å². The molecule has 0 fully saturated rings. The van der Waals surface area contributed by atoms with Crippen molar-refractivity contribution in [2.24, 2.45) is 0 Å². The predicted octanol–water partition coefficient (Wildman–Crippen LogP) is 3.11. The number of fused-ring (bicyclic) bond motifs is 1. The quantitative estimate of drug-likeness (QED) is 0.774. The van der Waals surface area contributed by atoms with E-state index in [0.29, 0.717) is 18.8 Å². The van der Waals surface area contributed by atoms with Crippen LogP contribution in [0.2, 0.25) is 0 Å². The minimum atomic E-state index is -3.56. The van der Waals surface area contributed by atoms with E-state index in [4.69, 9.17) is 0 Å². The van der Waals surface area contributed by atoms with Crippen molar-refractivity contribution in [3.8, 4) is 0 Å². The number of carbonyl (C=O) groups is 1. The molecule has 7 heteroatoms. The fourth-order valence-electron chi connectivity index (χ4n) is 3.60.